The molecule has 3 aromatic rings. The van der Waals surface area contributed by atoms with Crippen LogP contribution in [0.25, 0.3) is 11.0 Å². The number of carbonyl (C=O) groups excluding carboxylic acids is 2. The van der Waals surface area contributed by atoms with Crippen LogP contribution >= 0.6 is 0 Å². The molecule has 32 heavy (non-hydrogen) atoms. The van der Waals surface area contributed by atoms with E-state index in [1.165, 1.54) is 6.26 Å². The largest absolute Gasteiger partial charge is 0.464 e. The first-order valence-electron chi connectivity index (χ1n) is 9.24. The molecule has 8 nitrogen and oxygen atoms in total. The lowest BCUT2D eigenvalue weighted by molar-refractivity contribution is -0.385. The summed E-state index contributed by atoms with van der Waals surface area (Å²) in [7, 11) is 0. The third-order valence-electron chi connectivity index (χ3n) is 4.76. The predicted molar refractivity (Wildman–Crippen MR) is 107 cm³/mol. The van der Waals surface area contributed by atoms with E-state index >= 15 is 0 Å². The molecule has 0 aliphatic carbocycles. The first kappa shape index (κ1) is 22.8. The molecule has 0 saturated heterocycles. The normalized spacial score (nSPS) is 11.4. The van der Waals surface area contributed by atoms with Gasteiger partial charge in [0.05, 0.1) is 28.9 Å². The summed E-state index contributed by atoms with van der Waals surface area (Å²) in [5, 5.41) is 13.4. The van der Waals surface area contributed by atoms with E-state index in [-0.39, 0.29) is 6.42 Å². The molecule has 0 aliphatic rings. The summed E-state index contributed by atoms with van der Waals surface area (Å²) in [5.74, 6) is -1.80. The average Bonchev–Trinajstić information content (AvgIpc) is 3.07. The Kier molecular flexibility index (Phi) is 6.19. The van der Waals surface area contributed by atoms with Crippen molar-refractivity contribution >= 4 is 34.2 Å². The van der Waals surface area contributed by atoms with Crippen molar-refractivity contribution in [3.05, 3.63) is 69.0 Å². The van der Waals surface area contributed by atoms with Crippen molar-refractivity contribution in [2.75, 3.05) is 11.9 Å². The Morgan fingerprint density at radius 1 is 1.16 bits per heavy atom. The highest BCUT2D eigenvalue weighted by molar-refractivity contribution is 5.94. The maximum absolute atomic E-state index is 13.2. The minimum atomic E-state index is -4.94. The van der Waals surface area contributed by atoms with E-state index in [1.807, 2.05) is 31.3 Å². The number of anilines is 1. The number of benzene rings is 2. The van der Waals surface area contributed by atoms with Crippen LogP contribution in [0, 0.1) is 24.0 Å². The monoisotopic (exact) mass is 450 g/mol. The molecule has 0 fully saturated rings. The number of nitro groups is 1. The highest BCUT2D eigenvalue weighted by Crippen LogP contribution is 2.37. The molecular formula is C21H17F3N2O6. The number of ether oxygens (including phenoxy) is 1. The molecule has 1 heterocycles. The topological polar surface area (TPSA) is 112 Å². The van der Waals surface area contributed by atoms with Crippen LogP contribution in [0.15, 0.2) is 41.0 Å². The summed E-state index contributed by atoms with van der Waals surface area (Å²) in [5.41, 5.74) is 0.297. The van der Waals surface area contributed by atoms with Gasteiger partial charge in [0, 0.05) is 23.1 Å². The van der Waals surface area contributed by atoms with Crippen molar-refractivity contribution in [1.82, 2.24) is 0 Å². The minimum absolute atomic E-state index is 0.200. The number of nitrogens with zero attached hydrogens (tertiary/aromatic N) is 1. The first-order valence-corrected chi connectivity index (χ1v) is 9.24. The molecule has 0 aliphatic heterocycles. The minimum Gasteiger partial charge on any atom is -0.464 e. The lowest BCUT2D eigenvalue weighted by Gasteiger charge is -2.13. The third-order valence-corrected chi connectivity index (χ3v) is 4.76. The second-order valence-electron chi connectivity index (χ2n) is 7.06. The summed E-state index contributed by atoms with van der Waals surface area (Å²) in [4.78, 5) is 33.9. The van der Waals surface area contributed by atoms with E-state index in [0.29, 0.717) is 17.2 Å². The van der Waals surface area contributed by atoms with Crippen LogP contribution in [0.5, 0.6) is 0 Å². The van der Waals surface area contributed by atoms with Gasteiger partial charge in [-0.15, -0.1) is 0 Å². The zero-order valence-corrected chi connectivity index (χ0v) is 16.9. The van der Waals surface area contributed by atoms with Gasteiger partial charge in [0.2, 0.25) is 0 Å². The molecule has 0 bridgehead atoms. The van der Waals surface area contributed by atoms with Crippen LogP contribution in [-0.2, 0) is 26.9 Å². The van der Waals surface area contributed by atoms with Gasteiger partial charge < -0.3 is 14.5 Å². The van der Waals surface area contributed by atoms with Gasteiger partial charge in [0.25, 0.3) is 11.6 Å². The number of aryl methyl sites for hydroxylation is 2. The fourth-order valence-corrected chi connectivity index (χ4v) is 3.00. The maximum atomic E-state index is 13.2. The Balaban J connectivity index is 1.65. The summed E-state index contributed by atoms with van der Waals surface area (Å²) >= 11 is 0. The Labute approximate surface area is 179 Å². The number of esters is 1. The molecule has 0 spiro atoms. The maximum Gasteiger partial charge on any atom is 0.418 e. The number of nitrogens with one attached hydrogen (secondary N) is 1. The average molecular weight is 450 g/mol. The molecule has 0 saturated carbocycles. The van der Waals surface area contributed by atoms with Crippen molar-refractivity contribution in [3.63, 3.8) is 0 Å². The number of nitro benzene ring substituents is 1. The number of furan rings is 1. The summed E-state index contributed by atoms with van der Waals surface area (Å²) < 4.78 is 49.8. The molecule has 1 amide bonds. The number of carbonyl (C=O) groups is 2. The highest BCUT2D eigenvalue weighted by Gasteiger charge is 2.35. The summed E-state index contributed by atoms with van der Waals surface area (Å²) in [6.45, 7) is 2.99. The molecule has 1 N–H and O–H groups in total. The third kappa shape index (κ3) is 5.05. The van der Waals surface area contributed by atoms with Crippen LogP contribution in [0.3, 0.4) is 0 Å². The summed E-state index contributed by atoms with van der Waals surface area (Å²) in [6, 6.07) is 5.59. The zero-order valence-electron chi connectivity index (χ0n) is 16.9. The van der Waals surface area contributed by atoms with Gasteiger partial charge in [-0.3, -0.25) is 19.7 Å². The van der Waals surface area contributed by atoms with Gasteiger partial charge in [-0.25, -0.2) is 0 Å². The number of amides is 1. The van der Waals surface area contributed by atoms with E-state index in [1.54, 1.807) is 0 Å². The van der Waals surface area contributed by atoms with Crippen molar-refractivity contribution < 1.29 is 36.8 Å². The number of fused-ring (bicyclic) bond motifs is 1. The van der Waals surface area contributed by atoms with Gasteiger partial charge >= 0.3 is 12.1 Å². The highest BCUT2D eigenvalue weighted by atomic mass is 19.4. The van der Waals surface area contributed by atoms with Crippen molar-refractivity contribution in [2.24, 2.45) is 0 Å². The van der Waals surface area contributed by atoms with Crippen LogP contribution in [-0.4, -0.2) is 23.4 Å². The number of alkyl halides is 3. The van der Waals surface area contributed by atoms with E-state index in [4.69, 9.17) is 9.15 Å². The van der Waals surface area contributed by atoms with E-state index < -0.39 is 46.5 Å². The molecular weight excluding hydrogens is 433 g/mol. The van der Waals surface area contributed by atoms with E-state index in [9.17, 15) is 32.9 Å². The molecule has 2 aromatic carbocycles. The van der Waals surface area contributed by atoms with E-state index in [0.717, 1.165) is 28.6 Å². The molecule has 1 aromatic heterocycles. The Bertz CT molecular complexity index is 1220. The second kappa shape index (κ2) is 8.69. The molecule has 0 radical (unpaired) electrons. The second-order valence-corrected chi connectivity index (χ2v) is 7.06. The number of halogens is 3. The Hall–Kier alpha value is -3.89. The SMILES string of the molecule is Cc1cc2occ(CC(=O)OCC(=O)Nc3ccc([N+](=O)[O-])cc3C(F)(F)F)c2cc1C. The van der Waals surface area contributed by atoms with Crippen LogP contribution in [0.1, 0.15) is 22.3 Å². The standard InChI is InChI=1S/C21H17F3N2O6/c1-11-5-15-13(9-31-18(15)6-12(11)2)7-20(28)32-10-19(27)25-17-4-3-14(26(29)30)8-16(17)21(22,23)24/h3-6,8-9H,7,10H2,1-2H3,(H,25,27). The number of hydrogen-bond donors (Lipinski definition) is 1. The molecule has 11 heteroatoms. The van der Waals surface area contributed by atoms with Crippen molar-refractivity contribution in [3.8, 4) is 0 Å². The molecule has 3 rings (SSSR count). The Morgan fingerprint density at radius 3 is 2.50 bits per heavy atom. The Morgan fingerprint density at radius 2 is 1.84 bits per heavy atom. The number of hydrogen-bond acceptors (Lipinski definition) is 6. The lowest BCUT2D eigenvalue weighted by atomic mass is 10.0. The van der Waals surface area contributed by atoms with Gasteiger partial charge in [-0.1, -0.05) is 0 Å². The van der Waals surface area contributed by atoms with Crippen LogP contribution in [0.2, 0.25) is 0 Å². The quantitative estimate of drug-likeness (QED) is 0.331. The van der Waals surface area contributed by atoms with E-state index in [2.05, 4.69) is 0 Å². The zero-order chi connectivity index (χ0) is 23.6. The van der Waals surface area contributed by atoms with Gasteiger partial charge in [-0.05, 0) is 43.2 Å². The lowest BCUT2D eigenvalue weighted by Crippen LogP contribution is -2.23. The number of non-ortho nitro benzene ring substituents is 1. The summed E-state index contributed by atoms with van der Waals surface area (Å²) in [6.07, 6.45) is -3.74. The first-order chi connectivity index (χ1) is 15.0. The number of rotatable bonds is 6. The van der Waals surface area contributed by atoms with Crippen molar-refractivity contribution in [2.45, 2.75) is 26.4 Å². The van der Waals surface area contributed by atoms with Crippen LogP contribution < -0.4 is 5.32 Å². The van der Waals surface area contributed by atoms with Gasteiger partial charge in [0.15, 0.2) is 6.61 Å². The smallest absolute Gasteiger partial charge is 0.418 e. The fourth-order valence-electron chi connectivity index (χ4n) is 3.00. The fraction of sp³-hybridized carbons (Fsp3) is 0.238. The predicted octanol–water partition coefficient (Wildman–Crippen LogP) is 4.70. The molecule has 168 valence electrons. The van der Waals surface area contributed by atoms with Gasteiger partial charge in [0.1, 0.15) is 5.58 Å². The molecule has 0 atom stereocenters. The molecule has 0 unspecified atom stereocenters. The van der Waals surface area contributed by atoms with Gasteiger partial charge in [-0.2, -0.15) is 13.2 Å². The van der Waals surface area contributed by atoms with Crippen molar-refractivity contribution in [1.29, 1.82) is 0 Å². The van der Waals surface area contributed by atoms with Crippen LogP contribution in [0.4, 0.5) is 24.5 Å².